The molecule has 0 saturated carbocycles. The monoisotopic (exact) mass is 294 g/mol. The van der Waals surface area contributed by atoms with Crippen LogP contribution in [0.5, 0.6) is 0 Å². The van der Waals surface area contributed by atoms with Crippen molar-refractivity contribution in [2.75, 3.05) is 18.0 Å². The Morgan fingerprint density at radius 1 is 1.05 bits per heavy atom. The zero-order valence-electron chi connectivity index (χ0n) is 11.5. The molecule has 112 valence electrons. The molecule has 2 fully saturated rings. The molecule has 2 heterocycles. The van der Waals surface area contributed by atoms with Gasteiger partial charge in [0.05, 0.1) is 18.2 Å². The van der Waals surface area contributed by atoms with Crippen LogP contribution in [-0.2, 0) is 9.59 Å². The van der Waals surface area contributed by atoms with Crippen LogP contribution >= 0.6 is 0 Å². The maximum Gasteiger partial charge on any atom is 0.251 e. The van der Waals surface area contributed by atoms with E-state index < -0.39 is 29.5 Å². The van der Waals surface area contributed by atoms with Gasteiger partial charge in [-0.2, -0.15) is 0 Å². The van der Waals surface area contributed by atoms with Gasteiger partial charge in [0, 0.05) is 6.07 Å². The van der Waals surface area contributed by atoms with Crippen LogP contribution in [0.4, 0.5) is 14.5 Å². The number of anilines is 1. The number of hydrogen-bond donors (Lipinski definition) is 0. The molecular weight excluding hydrogens is 278 g/mol. The molecule has 0 aliphatic carbocycles. The Kier molecular flexibility index (Phi) is 3.71. The fourth-order valence-electron chi connectivity index (χ4n) is 3.05. The largest absolute Gasteiger partial charge is 0.292 e. The van der Waals surface area contributed by atoms with Crippen LogP contribution in [0.2, 0.25) is 0 Å². The molecule has 0 spiro atoms. The topological polar surface area (TPSA) is 40.6 Å². The fourth-order valence-corrected chi connectivity index (χ4v) is 3.05. The van der Waals surface area contributed by atoms with Crippen molar-refractivity contribution in [2.24, 2.45) is 0 Å². The lowest BCUT2D eigenvalue weighted by molar-refractivity contribution is -0.123. The number of carbonyl (C=O) groups is 2. The summed E-state index contributed by atoms with van der Waals surface area (Å²) in [5.41, 5.74) is -0.161. The minimum atomic E-state index is -0.893. The standard InChI is InChI=1S/C15H16F2N2O2/c16-10-4-5-12(11(17)8-10)19-14(20)9-13(15(19)21)18-6-2-1-3-7-18/h4-5,8,13H,1-3,6-7,9H2/t13-/m1/s1. The van der Waals surface area contributed by atoms with E-state index in [9.17, 15) is 18.4 Å². The molecule has 6 heteroatoms. The summed E-state index contributed by atoms with van der Waals surface area (Å²) in [5.74, 6) is -2.47. The van der Waals surface area contributed by atoms with Gasteiger partial charge in [-0.05, 0) is 38.1 Å². The Morgan fingerprint density at radius 3 is 2.43 bits per heavy atom. The van der Waals surface area contributed by atoms with Crippen LogP contribution in [0.3, 0.4) is 0 Å². The highest BCUT2D eigenvalue weighted by Gasteiger charge is 2.43. The van der Waals surface area contributed by atoms with E-state index in [4.69, 9.17) is 0 Å². The van der Waals surface area contributed by atoms with Crippen molar-refractivity contribution < 1.29 is 18.4 Å². The average Bonchev–Trinajstić information content (AvgIpc) is 2.76. The molecule has 2 aliphatic heterocycles. The van der Waals surface area contributed by atoms with Gasteiger partial charge >= 0.3 is 0 Å². The number of benzene rings is 1. The first kappa shape index (κ1) is 14.1. The summed E-state index contributed by atoms with van der Waals surface area (Å²) < 4.78 is 26.8. The van der Waals surface area contributed by atoms with Crippen molar-refractivity contribution in [3.8, 4) is 0 Å². The molecule has 0 bridgehead atoms. The highest BCUT2D eigenvalue weighted by atomic mass is 19.1. The highest BCUT2D eigenvalue weighted by Crippen LogP contribution is 2.29. The van der Waals surface area contributed by atoms with Crippen LogP contribution in [0.15, 0.2) is 18.2 Å². The van der Waals surface area contributed by atoms with E-state index in [2.05, 4.69) is 0 Å². The maximum atomic E-state index is 13.8. The van der Waals surface area contributed by atoms with Crippen LogP contribution in [0, 0.1) is 11.6 Å². The Balaban J connectivity index is 1.86. The number of likely N-dealkylation sites (tertiary alicyclic amines) is 1. The van der Waals surface area contributed by atoms with Crippen molar-refractivity contribution in [1.82, 2.24) is 4.90 Å². The number of imide groups is 1. The molecule has 21 heavy (non-hydrogen) atoms. The van der Waals surface area contributed by atoms with Gasteiger partial charge < -0.3 is 0 Å². The molecule has 1 aromatic rings. The van der Waals surface area contributed by atoms with Crippen molar-refractivity contribution in [2.45, 2.75) is 31.7 Å². The van der Waals surface area contributed by atoms with Crippen LogP contribution in [0.1, 0.15) is 25.7 Å². The van der Waals surface area contributed by atoms with Gasteiger partial charge in [0.25, 0.3) is 5.91 Å². The fraction of sp³-hybridized carbons (Fsp3) is 0.467. The Labute approximate surface area is 121 Å². The lowest BCUT2D eigenvalue weighted by Gasteiger charge is -2.30. The predicted molar refractivity (Wildman–Crippen MR) is 72.7 cm³/mol. The second kappa shape index (κ2) is 5.52. The van der Waals surface area contributed by atoms with E-state index in [0.29, 0.717) is 6.07 Å². The quantitative estimate of drug-likeness (QED) is 0.784. The van der Waals surface area contributed by atoms with Crippen molar-refractivity contribution in [1.29, 1.82) is 0 Å². The van der Waals surface area contributed by atoms with Gasteiger partial charge in [0.15, 0.2) is 0 Å². The molecule has 2 aliphatic rings. The van der Waals surface area contributed by atoms with Gasteiger partial charge in [-0.15, -0.1) is 0 Å². The molecular formula is C15H16F2N2O2. The number of nitrogens with zero attached hydrogens (tertiary/aromatic N) is 2. The summed E-state index contributed by atoms with van der Waals surface area (Å²) in [7, 11) is 0. The van der Waals surface area contributed by atoms with Crippen molar-refractivity contribution >= 4 is 17.5 Å². The summed E-state index contributed by atoms with van der Waals surface area (Å²) in [6.45, 7) is 1.56. The van der Waals surface area contributed by atoms with Gasteiger partial charge in [-0.3, -0.25) is 14.5 Å². The zero-order chi connectivity index (χ0) is 15.0. The normalized spacial score (nSPS) is 23.9. The van der Waals surface area contributed by atoms with E-state index in [1.54, 1.807) is 0 Å². The molecule has 1 aromatic carbocycles. The molecule has 2 saturated heterocycles. The summed E-state index contributed by atoms with van der Waals surface area (Å²) in [6, 6.07) is 2.36. The summed E-state index contributed by atoms with van der Waals surface area (Å²) >= 11 is 0. The second-order valence-corrected chi connectivity index (χ2v) is 5.48. The Bertz CT molecular complexity index is 585. The molecule has 0 unspecified atom stereocenters. The van der Waals surface area contributed by atoms with Gasteiger partial charge in [-0.25, -0.2) is 13.7 Å². The first-order valence-corrected chi connectivity index (χ1v) is 7.14. The van der Waals surface area contributed by atoms with E-state index in [1.807, 2.05) is 4.90 Å². The van der Waals surface area contributed by atoms with Crippen LogP contribution in [-0.4, -0.2) is 35.8 Å². The predicted octanol–water partition coefficient (Wildman–Crippen LogP) is 2.08. The minimum Gasteiger partial charge on any atom is -0.292 e. The summed E-state index contributed by atoms with van der Waals surface area (Å²) in [6.07, 6.45) is 3.20. The van der Waals surface area contributed by atoms with E-state index in [1.165, 1.54) is 0 Å². The third-order valence-corrected chi connectivity index (χ3v) is 4.10. The number of halogens is 2. The smallest absolute Gasteiger partial charge is 0.251 e. The van der Waals surface area contributed by atoms with Crippen molar-refractivity contribution in [3.05, 3.63) is 29.8 Å². The van der Waals surface area contributed by atoms with Crippen LogP contribution < -0.4 is 4.90 Å². The minimum absolute atomic E-state index is 0.0651. The molecule has 2 amide bonds. The van der Waals surface area contributed by atoms with Crippen LogP contribution in [0.25, 0.3) is 0 Å². The van der Waals surface area contributed by atoms with Gasteiger partial charge in [0.2, 0.25) is 5.91 Å². The molecule has 0 aromatic heterocycles. The number of rotatable bonds is 2. The molecule has 4 nitrogen and oxygen atoms in total. The zero-order valence-corrected chi connectivity index (χ0v) is 11.5. The average molecular weight is 294 g/mol. The number of hydrogen-bond acceptors (Lipinski definition) is 3. The lowest BCUT2D eigenvalue weighted by Crippen LogP contribution is -2.44. The van der Waals surface area contributed by atoms with E-state index >= 15 is 0 Å². The van der Waals surface area contributed by atoms with Crippen molar-refractivity contribution in [3.63, 3.8) is 0 Å². The summed E-state index contributed by atoms with van der Waals surface area (Å²) in [5, 5.41) is 0. The lowest BCUT2D eigenvalue weighted by atomic mass is 10.1. The highest BCUT2D eigenvalue weighted by molar-refractivity contribution is 6.22. The van der Waals surface area contributed by atoms with Gasteiger partial charge in [0.1, 0.15) is 11.6 Å². The molecule has 0 radical (unpaired) electrons. The molecule has 3 rings (SSSR count). The third kappa shape index (κ3) is 2.55. The van der Waals surface area contributed by atoms with Gasteiger partial charge in [-0.1, -0.05) is 6.42 Å². The Hall–Kier alpha value is -1.82. The first-order chi connectivity index (χ1) is 10.1. The first-order valence-electron chi connectivity index (χ1n) is 7.14. The van der Waals surface area contributed by atoms with E-state index in [0.717, 1.165) is 49.4 Å². The Morgan fingerprint density at radius 2 is 1.76 bits per heavy atom. The van der Waals surface area contributed by atoms with E-state index in [-0.39, 0.29) is 12.1 Å². The SMILES string of the molecule is O=C1C[C@@H](N2CCCCC2)C(=O)N1c1ccc(F)cc1F. The molecule has 0 N–H and O–H groups in total. The number of carbonyl (C=O) groups excluding carboxylic acids is 2. The second-order valence-electron chi connectivity index (χ2n) is 5.48. The number of piperidine rings is 1. The molecule has 1 atom stereocenters. The maximum absolute atomic E-state index is 13.8. The summed E-state index contributed by atoms with van der Waals surface area (Å²) in [4.78, 5) is 27.4. The third-order valence-electron chi connectivity index (χ3n) is 4.10. The number of amides is 2.